The van der Waals surface area contributed by atoms with Gasteiger partial charge in [-0.05, 0) is 0 Å². The first-order valence-electron chi connectivity index (χ1n) is 2.47. The third-order valence-electron chi connectivity index (χ3n) is 0.827. The van der Waals surface area contributed by atoms with E-state index in [4.69, 9.17) is 0 Å². The molecule has 0 nitrogen and oxygen atoms in total. The predicted molar refractivity (Wildman–Crippen MR) is 30.3 cm³/mol. The van der Waals surface area contributed by atoms with Crippen LogP contribution >= 0.6 is 0 Å². The maximum Gasteiger partial charge on any atom is 0.415 e. The van der Waals surface area contributed by atoms with Crippen LogP contribution in [0.3, 0.4) is 0 Å². The van der Waals surface area contributed by atoms with Crippen LogP contribution in [0.4, 0.5) is 17.6 Å². The first-order valence-corrected chi connectivity index (χ1v) is 2.47. The summed E-state index contributed by atoms with van der Waals surface area (Å²) >= 11 is 0. The van der Waals surface area contributed by atoms with E-state index in [1.807, 2.05) is 0 Å². The van der Waals surface area contributed by atoms with Crippen molar-refractivity contribution in [2.45, 2.75) is 6.18 Å². The number of hydrogen-bond acceptors (Lipinski definition) is 0. The summed E-state index contributed by atoms with van der Waals surface area (Å²) in [5, 5.41) is 0. The van der Waals surface area contributed by atoms with E-state index in [2.05, 4.69) is 6.58 Å². The summed E-state index contributed by atoms with van der Waals surface area (Å²) in [6.07, 6.45) is -3.05. The lowest BCUT2D eigenvalue weighted by molar-refractivity contribution is -0.0949. The molecule has 0 N–H and O–H groups in total. The number of allylic oxidation sites excluding steroid dienone is 3. The summed E-state index contributed by atoms with van der Waals surface area (Å²) in [6.45, 7) is 1.51. The summed E-state index contributed by atoms with van der Waals surface area (Å²) < 4.78 is 46.2. The van der Waals surface area contributed by atoms with Gasteiger partial charge >= 0.3 is 6.18 Å². The highest BCUT2D eigenvalue weighted by Crippen LogP contribution is 2.25. The third kappa shape index (κ3) is 2.66. The Morgan fingerprint density at radius 2 is 1.90 bits per heavy atom. The highest BCUT2D eigenvalue weighted by Gasteiger charge is 2.32. The van der Waals surface area contributed by atoms with Gasteiger partial charge in [0.05, 0.1) is 5.57 Å². The molecule has 0 aliphatic heterocycles. The van der Waals surface area contributed by atoms with Crippen molar-refractivity contribution in [1.29, 1.82) is 0 Å². The van der Waals surface area contributed by atoms with E-state index < -0.39 is 18.4 Å². The van der Waals surface area contributed by atoms with Crippen molar-refractivity contribution in [1.82, 2.24) is 0 Å². The van der Waals surface area contributed by atoms with Crippen molar-refractivity contribution in [3.05, 3.63) is 24.3 Å². The van der Waals surface area contributed by atoms with Crippen LogP contribution in [-0.4, -0.2) is 12.9 Å². The molecule has 0 amide bonds. The molecule has 0 aromatic heterocycles. The van der Waals surface area contributed by atoms with Crippen molar-refractivity contribution in [2.75, 3.05) is 6.67 Å². The monoisotopic (exact) mass is 154 g/mol. The summed E-state index contributed by atoms with van der Waals surface area (Å²) in [7, 11) is 0. The van der Waals surface area contributed by atoms with Crippen LogP contribution in [0.5, 0.6) is 0 Å². The van der Waals surface area contributed by atoms with E-state index in [1.165, 1.54) is 0 Å². The van der Waals surface area contributed by atoms with Gasteiger partial charge in [-0.3, -0.25) is 0 Å². The van der Waals surface area contributed by atoms with E-state index in [-0.39, 0.29) is 0 Å². The summed E-state index contributed by atoms with van der Waals surface area (Å²) in [5.41, 5.74) is -1.21. The Hall–Kier alpha value is -0.800. The van der Waals surface area contributed by atoms with Crippen LogP contribution < -0.4 is 0 Å². The summed E-state index contributed by atoms with van der Waals surface area (Å²) in [6, 6.07) is 0. The van der Waals surface area contributed by atoms with Crippen LogP contribution in [0, 0.1) is 0 Å². The Morgan fingerprint density at radius 3 is 2.00 bits per heavy atom. The Balaban J connectivity index is 4.35. The number of hydrogen-bond donors (Lipinski definition) is 0. The molecule has 0 saturated carbocycles. The van der Waals surface area contributed by atoms with Gasteiger partial charge in [0.2, 0.25) is 0 Å². The zero-order chi connectivity index (χ0) is 8.20. The minimum atomic E-state index is -4.57. The van der Waals surface area contributed by atoms with Gasteiger partial charge in [-0.1, -0.05) is 18.7 Å². The Kier molecular flexibility index (Phi) is 3.12. The van der Waals surface area contributed by atoms with Gasteiger partial charge in [-0.25, -0.2) is 4.39 Å². The maximum absolute atomic E-state index is 11.6. The van der Waals surface area contributed by atoms with Crippen molar-refractivity contribution in [2.24, 2.45) is 0 Å². The largest absolute Gasteiger partial charge is 0.415 e. The third-order valence-corrected chi connectivity index (χ3v) is 0.827. The normalized spacial score (nSPS) is 13.4. The highest BCUT2D eigenvalue weighted by atomic mass is 19.4. The zero-order valence-electron chi connectivity index (χ0n) is 5.08. The fraction of sp³-hybridized carbons (Fsp3) is 0.333. The summed E-state index contributed by atoms with van der Waals surface area (Å²) in [4.78, 5) is 0. The molecule has 10 heavy (non-hydrogen) atoms. The Labute approximate surface area is 55.8 Å². The fourth-order valence-corrected chi connectivity index (χ4v) is 0.357. The second kappa shape index (κ2) is 3.39. The van der Waals surface area contributed by atoms with Crippen LogP contribution in [0.25, 0.3) is 0 Å². The highest BCUT2D eigenvalue weighted by molar-refractivity contribution is 5.15. The van der Waals surface area contributed by atoms with E-state index in [0.29, 0.717) is 6.08 Å². The van der Waals surface area contributed by atoms with E-state index in [1.54, 1.807) is 0 Å². The minimum absolute atomic E-state index is 0.611. The molecule has 0 unspecified atom stereocenters. The Morgan fingerprint density at radius 1 is 1.40 bits per heavy atom. The molecule has 0 heterocycles. The van der Waals surface area contributed by atoms with Crippen molar-refractivity contribution in [3.8, 4) is 0 Å². The first-order chi connectivity index (χ1) is 4.52. The average molecular weight is 154 g/mol. The quantitative estimate of drug-likeness (QED) is 0.423. The maximum atomic E-state index is 11.6. The fourth-order valence-electron chi connectivity index (χ4n) is 0.357. The van der Waals surface area contributed by atoms with E-state index >= 15 is 0 Å². The van der Waals surface area contributed by atoms with Crippen LogP contribution in [0.1, 0.15) is 0 Å². The molecular formula is C6H6F4. The number of alkyl halides is 4. The second-order valence-corrected chi connectivity index (χ2v) is 1.56. The van der Waals surface area contributed by atoms with Gasteiger partial charge in [-0.15, -0.1) is 0 Å². The van der Waals surface area contributed by atoms with Crippen molar-refractivity contribution < 1.29 is 17.6 Å². The summed E-state index contributed by atoms with van der Waals surface area (Å²) in [5.74, 6) is 0. The SMILES string of the molecule is C=C/C=C(\CF)C(F)(F)F. The van der Waals surface area contributed by atoms with Crippen LogP contribution in [-0.2, 0) is 0 Å². The molecule has 0 aliphatic rings. The topological polar surface area (TPSA) is 0 Å². The van der Waals surface area contributed by atoms with Gasteiger partial charge in [0.15, 0.2) is 0 Å². The van der Waals surface area contributed by atoms with Crippen molar-refractivity contribution >= 4 is 0 Å². The molecule has 0 fully saturated rings. The lowest BCUT2D eigenvalue weighted by Crippen LogP contribution is -2.12. The molecular weight excluding hydrogens is 148 g/mol. The number of halogens is 4. The molecule has 0 bridgehead atoms. The predicted octanol–water partition coefficient (Wildman–Crippen LogP) is 2.63. The average Bonchev–Trinajstić information content (AvgIpc) is 1.80. The van der Waals surface area contributed by atoms with E-state index in [9.17, 15) is 17.6 Å². The molecule has 0 spiro atoms. The molecule has 0 aromatic rings. The Bertz CT molecular complexity index is 142. The lowest BCUT2D eigenvalue weighted by Gasteiger charge is -2.05. The second-order valence-electron chi connectivity index (χ2n) is 1.56. The minimum Gasteiger partial charge on any atom is -0.246 e. The van der Waals surface area contributed by atoms with Gasteiger partial charge in [-0.2, -0.15) is 13.2 Å². The molecule has 0 saturated heterocycles. The standard InChI is InChI=1S/C6H6F4/c1-2-3-5(4-7)6(8,9)10/h2-3H,1,4H2/b5-3+. The molecule has 0 radical (unpaired) electrons. The van der Waals surface area contributed by atoms with Gasteiger partial charge in [0.25, 0.3) is 0 Å². The molecule has 0 aliphatic carbocycles. The van der Waals surface area contributed by atoms with Crippen LogP contribution in [0.15, 0.2) is 24.3 Å². The molecule has 0 rings (SSSR count). The molecule has 4 heteroatoms. The van der Waals surface area contributed by atoms with Crippen molar-refractivity contribution in [3.63, 3.8) is 0 Å². The van der Waals surface area contributed by atoms with Gasteiger partial charge in [0, 0.05) is 0 Å². The number of rotatable bonds is 2. The van der Waals surface area contributed by atoms with Gasteiger partial charge < -0.3 is 0 Å². The smallest absolute Gasteiger partial charge is 0.246 e. The molecule has 0 atom stereocenters. The molecule has 0 aromatic carbocycles. The molecule has 58 valence electrons. The van der Waals surface area contributed by atoms with E-state index in [0.717, 1.165) is 6.08 Å². The zero-order valence-corrected chi connectivity index (χ0v) is 5.08. The van der Waals surface area contributed by atoms with Gasteiger partial charge in [0.1, 0.15) is 6.67 Å². The van der Waals surface area contributed by atoms with Crippen LogP contribution in [0.2, 0.25) is 0 Å². The first kappa shape index (κ1) is 9.20. The lowest BCUT2D eigenvalue weighted by atomic mass is 10.2.